The zero-order valence-corrected chi connectivity index (χ0v) is 15.7. The first kappa shape index (κ1) is 18.6. The van der Waals surface area contributed by atoms with Crippen LogP contribution in [0.5, 0.6) is 0 Å². The number of hydrogen-bond acceptors (Lipinski definition) is 4. The molecular formula is C20H19F3N4O. The molecule has 0 bridgehead atoms. The molecule has 0 spiro atoms. The van der Waals surface area contributed by atoms with Crippen LogP contribution in [0.15, 0.2) is 36.7 Å². The lowest BCUT2D eigenvalue weighted by Crippen LogP contribution is -2.20. The number of aryl methyl sites for hydroxylation is 2. The Labute approximate surface area is 160 Å². The van der Waals surface area contributed by atoms with Crippen LogP contribution in [0.2, 0.25) is 0 Å². The van der Waals surface area contributed by atoms with Crippen molar-refractivity contribution in [3.8, 4) is 16.8 Å². The van der Waals surface area contributed by atoms with Gasteiger partial charge in [-0.15, -0.1) is 10.2 Å². The summed E-state index contributed by atoms with van der Waals surface area (Å²) in [6.45, 7) is 3.90. The highest BCUT2D eigenvalue weighted by molar-refractivity contribution is 5.67. The van der Waals surface area contributed by atoms with Crippen molar-refractivity contribution >= 4 is 0 Å². The Kier molecular flexibility index (Phi) is 4.26. The van der Waals surface area contributed by atoms with Crippen molar-refractivity contribution in [3.05, 3.63) is 59.4 Å². The normalized spacial score (nSPS) is 13.9. The molecule has 0 atom stereocenters. The molecule has 3 aromatic rings. The van der Waals surface area contributed by atoms with Gasteiger partial charge in [0.15, 0.2) is 0 Å². The second kappa shape index (κ2) is 6.41. The van der Waals surface area contributed by atoms with Gasteiger partial charge in [-0.3, -0.25) is 9.55 Å². The summed E-state index contributed by atoms with van der Waals surface area (Å²) in [7, 11) is 1.64. The molecule has 2 aromatic heterocycles. The van der Waals surface area contributed by atoms with Crippen molar-refractivity contribution in [2.75, 3.05) is 7.11 Å². The highest BCUT2D eigenvalue weighted by Gasteiger charge is 2.40. The maximum Gasteiger partial charge on any atom is 0.452 e. The predicted molar refractivity (Wildman–Crippen MR) is 97.0 cm³/mol. The van der Waals surface area contributed by atoms with Gasteiger partial charge in [-0.2, -0.15) is 13.2 Å². The molecule has 3 heterocycles. The van der Waals surface area contributed by atoms with Gasteiger partial charge < -0.3 is 4.74 Å². The summed E-state index contributed by atoms with van der Waals surface area (Å²) in [5, 5.41) is 7.08. The lowest BCUT2D eigenvalue weighted by atomic mass is 9.94. The molecule has 146 valence electrons. The fraction of sp³-hybridized carbons (Fsp3) is 0.350. The Morgan fingerprint density at radius 3 is 2.50 bits per heavy atom. The fourth-order valence-corrected chi connectivity index (χ4v) is 3.39. The molecule has 0 aliphatic carbocycles. The number of halogens is 3. The molecule has 0 unspecified atom stereocenters. The van der Waals surface area contributed by atoms with E-state index < -0.39 is 17.6 Å². The molecule has 28 heavy (non-hydrogen) atoms. The zero-order chi connectivity index (χ0) is 20.1. The lowest BCUT2D eigenvalue weighted by Gasteiger charge is -2.24. The number of hydrogen-bond donors (Lipinski definition) is 0. The van der Waals surface area contributed by atoms with Crippen LogP contribution in [-0.2, 0) is 29.4 Å². The topological polar surface area (TPSA) is 52.8 Å². The Hall–Kier alpha value is -2.74. The molecule has 5 nitrogen and oxygen atoms in total. The van der Waals surface area contributed by atoms with E-state index in [0.29, 0.717) is 24.4 Å². The third-order valence-electron chi connectivity index (χ3n) is 5.20. The van der Waals surface area contributed by atoms with E-state index in [2.05, 4.69) is 15.2 Å². The zero-order valence-electron chi connectivity index (χ0n) is 15.7. The molecule has 0 N–H and O–H groups in total. The van der Waals surface area contributed by atoms with E-state index in [4.69, 9.17) is 4.74 Å². The maximum atomic E-state index is 13.3. The fourth-order valence-electron chi connectivity index (χ4n) is 3.39. The molecule has 1 aromatic carbocycles. The summed E-state index contributed by atoms with van der Waals surface area (Å²) in [5.41, 5.74) is 3.51. The summed E-state index contributed by atoms with van der Waals surface area (Å²) in [6.07, 6.45) is -0.0392. The van der Waals surface area contributed by atoms with Gasteiger partial charge in [0.05, 0.1) is 11.3 Å². The summed E-state index contributed by atoms with van der Waals surface area (Å²) in [6, 6.07) is 7.40. The van der Waals surface area contributed by atoms with Gasteiger partial charge in [0, 0.05) is 37.1 Å². The van der Waals surface area contributed by atoms with Crippen LogP contribution in [0.1, 0.15) is 36.6 Å². The van der Waals surface area contributed by atoms with E-state index >= 15 is 0 Å². The molecule has 1 aliphatic rings. The van der Waals surface area contributed by atoms with Gasteiger partial charge in [0.25, 0.3) is 0 Å². The van der Waals surface area contributed by atoms with Crippen molar-refractivity contribution in [2.45, 2.75) is 38.5 Å². The van der Waals surface area contributed by atoms with Crippen LogP contribution in [-0.4, -0.2) is 26.9 Å². The number of fused-ring (bicyclic) bond motifs is 3. The minimum Gasteiger partial charge on any atom is -0.374 e. The summed E-state index contributed by atoms with van der Waals surface area (Å²) >= 11 is 0. The smallest absolute Gasteiger partial charge is 0.374 e. The molecule has 0 saturated carbocycles. The minimum atomic E-state index is -4.55. The van der Waals surface area contributed by atoms with E-state index in [-0.39, 0.29) is 0 Å². The SMILES string of the molecule is COC(C)(C)c1cncc(-c2ccc3c(c2)CCc2nnc(C(F)(F)F)n2-3)c1. The molecule has 1 aliphatic heterocycles. The van der Waals surface area contributed by atoms with Crippen LogP contribution in [0, 0.1) is 0 Å². The lowest BCUT2D eigenvalue weighted by molar-refractivity contribution is -0.146. The Morgan fingerprint density at radius 1 is 1.00 bits per heavy atom. The highest BCUT2D eigenvalue weighted by Crippen LogP contribution is 2.36. The van der Waals surface area contributed by atoms with E-state index in [0.717, 1.165) is 26.8 Å². The number of aromatic nitrogens is 4. The second-order valence-electron chi connectivity index (χ2n) is 7.29. The number of alkyl halides is 3. The average Bonchev–Trinajstić information content (AvgIpc) is 3.12. The van der Waals surface area contributed by atoms with Crippen molar-refractivity contribution in [2.24, 2.45) is 0 Å². The predicted octanol–water partition coefficient (Wildman–Crippen LogP) is 4.33. The van der Waals surface area contributed by atoms with Gasteiger partial charge in [0.1, 0.15) is 5.82 Å². The highest BCUT2D eigenvalue weighted by atomic mass is 19.4. The van der Waals surface area contributed by atoms with E-state index in [1.54, 1.807) is 31.6 Å². The number of methoxy groups -OCH3 is 1. The minimum absolute atomic E-state index is 0.332. The van der Waals surface area contributed by atoms with Crippen LogP contribution in [0.25, 0.3) is 16.8 Å². The van der Waals surface area contributed by atoms with Crippen LogP contribution >= 0.6 is 0 Å². The number of benzene rings is 1. The largest absolute Gasteiger partial charge is 0.452 e. The quantitative estimate of drug-likeness (QED) is 0.670. The first-order valence-electron chi connectivity index (χ1n) is 8.86. The Bertz CT molecular complexity index is 1040. The van der Waals surface area contributed by atoms with Crippen molar-refractivity contribution in [1.29, 1.82) is 0 Å². The number of nitrogens with zero attached hydrogens (tertiary/aromatic N) is 4. The molecule has 0 amide bonds. The van der Waals surface area contributed by atoms with Crippen LogP contribution in [0.3, 0.4) is 0 Å². The van der Waals surface area contributed by atoms with Gasteiger partial charge in [-0.05, 0) is 49.6 Å². The Balaban J connectivity index is 1.78. The number of pyridine rings is 1. The van der Waals surface area contributed by atoms with E-state index in [9.17, 15) is 13.2 Å². The Morgan fingerprint density at radius 2 is 1.79 bits per heavy atom. The molecular weight excluding hydrogens is 369 g/mol. The number of ether oxygens (including phenoxy) is 1. The number of rotatable bonds is 3. The van der Waals surface area contributed by atoms with Gasteiger partial charge in [-0.25, -0.2) is 0 Å². The summed E-state index contributed by atoms with van der Waals surface area (Å²) in [4.78, 5) is 4.31. The third kappa shape index (κ3) is 3.07. The van der Waals surface area contributed by atoms with Gasteiger partial charge >= 0.3 is 6.18 Å². The first-order valence-corrected chi connectivity index (χ1v) is 8.86. The second-order valence-corrected chi connectivity index (χ2v) is 7.29. The monoisotopic (exact) mass is 388 g/mol. The van der Waals surface area contributed by atoms with Gasteiger partial charge in [-0.1, -0.05) is 6.07 Å². The summed E-state index contributed by atoms with van der Waals surface area (Å²) < 4.78 is 46.5. The van der Waals surface area contributed by atoms with Crippen LogP contribution < -0.4 is 0 Å². The van der Waals surface area contributed by atoms with Crippen molar-refractivity contribution in [3.63, 3.8) is 0 Å². The standard InChI is InChI=1S/C20H19F3N4O/c1-19(2,28-3)15-9-14(10-24-11-15)12-4-6-16-13(8-12)5-7-17-25-26-18(27(16)17)20(21,22)23/h4,6,8-11H,5,7H2,1-3H3. The summed E-state index contributed by atoms with van der Waals surface area (Å²) in [5.74, 6) is -0.653. The molecule has 4 rings (SSSR count). The molecule has 0 radical (unpaired) electrons. The van der Waals surface area contributed by atoms with Gasteiger partial charge in [0.2, 0.25) is 5.82 Å². The molecule has 0 saturated heterocycles. The van der Waals surface area contributed by atoms with Crippen molar-refractivity contribution < 1.29 is 17.9 Å². The van der Waals surface area contributed by atoms with E-state index in [1.807, 2.05) is 26.0 Å². The maximum absolute atomic E-state index is 13.3. The van der Waals surface area contributed by atoms with Crippen LogP contribution in [0.4, 0.5) is 13.2 Å². The van der Waals surface area contributed by atoms with E-state index in [1.165, 1.54) is 0 Å². The molecule has 8 heteroatoms. The van der Waals surface area contributed by atoms with Crippen molar-refractivity contribution in [1.82, 2.24) is 19.7 Å². The first-order chi connectivity index (χ1) is 13.2. The average molecular weight is 388 g/mol. The molecule has 0 fully saturated rings. The third-order valence-corrected chi connectivity index (χ3v) is 5.20.